The number of aryl methyl sites for hydroxylation is 1. The van der Waals surface area contributed by atoms with Crippen LogP contribution in [0.1, 0.15) is 17.8 Å². The van der Waals surface area contributed by atoms with Gasteiger partial charge in [-0.15, -0.1) is 0 Å². The van der Waals surface area contributed by atoms with E-state index in [9.17, 15) is 4.79 Å². The highest BCUT2D eigenvalue weighted by Gasteiger charge is 2.47. The van der Waals surface area contributed by atoms with E-state index < -0.39 is 0 Å². The molecule has 5 nitrogen and oxygen atoms in total. The zero-order valence-corrected chi connectivity index (χ0v) is 14.0. The SMILES string of the molecule is COCC1(c2ccccc2)CN(C(=O)C2CCc3nccn3C2)C1. The van der Waals surface area contributed by atoms with E-state index >= 15 is 0 Å². The molecule has 1 fully saturated rings. The lowest BCUT2D eigenvalue weighted by molar-refractivity contribution is -0.146. The summed E-state index contributed by atoms with van der Waals surface area (Å²) in [6.45, 7) is 2.90. The van der Waals surface area contributed by atoms with Gasteiger partial charge in [-0.3, -0.25) is 4.79 Å². The number of carbonyl (C=O) groups excluding carboxylic acids is 1. The third-order valence-electron chi connectivity index (χ3n) is 5.39. The van der Waals surface area contributed by atoms with Crippen molar-refractivity contribution < 1.29 is 9.53 Å². The van der Waals surface area contributed by atoms with Gasteiger partial charge < -0.3 is 14.2 Å². The maximum atomic E-state index is 12.9. The first kappa shape index (κ1) is 15.4. The van der Waals surface area contributed by atoms with E-state index in [1.54, 1.807) is 7.11 Å². The highest BCUT2D eigenvalue weighted by Crippen LogP contribution is 2.36. The van der Waals surface area contributed by atoms with Crippen molar-refractivity contribution in [2.45, 2.75) is 24.8 Å². The van der Waals surface area contributed by atoms with Crippen molar-refractivity contribution in [3.63, 3.8) is 0 Å². The zero-order chi connectivity index (χ0) is 16.6. The van der Waals surface area contributed by atoms with Crippen LogP contribution in [0.5, 0.6) is 0 Å². The predicted molar refractivity (Wildman–Crippen MR) is 90.6 cm³/mol. The third kappa shape index (κ3) is 2.53. The summed E-state index contributed by atoms with van der Waals surface area (Å²) in [5.74, 6) is 1.45. The molecule has 4 rings (SSSR count). The summed E-state index contributed by atoms with van der Waals surface area (Å²) in [6.07, 6.45) is 5.59. The van der Waals surface area contributed by atoms with Gasteiger partial charge in [0.1, 0.15) is 5.82 Å². The van der Waals surface area contributed by atoms with Crippen molar-refractivity contribution in [1.82, 2.24) is 14.5 Å². The van der Waals surface area contributed by atoms with E-state index in [0.29, 0.717) is 6.61 Å². The fraction of sp³-hybridized carbons (Fsp3) is 0.474. The lowest BCUT2D eigenvalue weighted by atomic mass is 9.73. The Morgan fingerprint density at radius 2 is 2.12 bits per heavy atom. The number of imidazole rings is 1. The molecule has 0 N–H and O–H groups in total. The van der Waals surface area contributed by atoms with E-state index in [4.69, 9.17) is 4.74 Å². The lowest BCUT2D eigenvalue weighted by Gasteiger charge is -2.51. The first-order valence-electron chi connectivity index (χ1n) is 8.55. The number of ether oxygens (including phenoxy) is 1. The Hall–Kier alpha value is -2.14. The number of benzene rings is 1. The van der Waals surface area contributed by atoms with Crippen molar-refractivity contribution in [1.29, 1.82) is 0 Å². The topological polar surface area (TPSA) is 47.4 Å². The zero-order valence-electron chi connectivity index (χ0n) is 14.0. The Balaban J connectivity index is 1.45. The molecule has 0 bridgehead atoms. The quantitative estimate of drug-likeness (QED) is 0.862. The summed E-state index contributed by atoms with van der Waals surface area (Å²) in [4.78, 5) is 19.2. The summed E-state index contributed by atoms with van der Waals surface area (Å²) in [7, 11) is 1.73. The van der Waals surface area contributed by atoms with Crippen molar-refractivity contribution in [3.05, 3.63) is 54.1 Å². The van der Waals surface area contributed by atoms with Crippen molar-refractivity contribution in [3.8, 4) is 0 Å². The van der Waals surface area contributed by atoms with Crippen LogP contribution in [0.25, 0.3) is 0 Å². The molecule has 1 saturated heterocycles. The number of methoxy groups -OCH3 is 1. The molecule has 0 radical (unpaired) electrons. The van der Waals surface area contributed by atoms with Gasteiger partial charge in [0, 0.05) is 45.6 Å². The minimum Gasteiger partial charge on any atom is -0.384 e. The summed E-state index contributed by atoms with van der Waals surface area (Å²) in [6, 6.07) is 10.4. The second kappa shape index (κ2) is 6.06. The van der Waals surface area contributed by atoms with Crippen molar-refractivity contribution in [2.75, 3.05) is 26.8 Å². The molecular formula is C19H23N3O2. The summed E-state index contributed by atoms with van der Waals surface area (Å²) in [5.41, 5.74) is 1.21. The molecule has 1 aromatic heterocycles. The van der Waals surface area contributed by atoms with Gasteiger partial charge in [-0.25, -0.2) is 4.98 Å². The molecule has 24 heavy (non-hydrogen) atoms. The first-order chi connectivity index (χ1) is 11.7. The normalized spacial score (nSPS) is 21.9. The number of nitrogens with zero attached hydrogens (tertiary/aromatic N) is 3. The largest absolute Gasteiger partial charge is 0.384 e. The van der Waals surface area contributed by atoms with Crippen LogP contribution in [0.3, 0.4) is 0 Å². The second-order valence-electron chi connectivity index (χ2n) is 7.01. The Bertz CT molecular complexity index is 719. The number of rotatable bonds is 4. The van der Waals surface area contributed by atoms with E-state index in [0.717, 1.165) is 38.3 Å². The Morgan fingerprint density at radius 3 is 2.88 bits per heavy atom. The average Bonchev–Trinajstić information content (AvgIpc) is 3.05. The van der Waals surface area contributed by atoms with Crippen molar-refractivity contribution in [2.24, 2.45) is 5.92 Å². The van der Waals surface area contributed by atoms with Gasteiger partial charge in [0.2, 0.25) is 5.91 Å². The maximum absolute atomic E-state index is 12.9. The molecule has 0 aliphatic carbocycles. The molecule has 126 valence electrons. The van der Waals surface area contributed by atoms with Crippen LogP contribution in [-0.4, -0.2) is 47.2 Å². The first-order valence-corrected chi connectivity index (χ1v) is 8.55. The van der Waals surface area contributed by atoms with Crippen LogP contribution in [-0.2, 0) is 27.9 Å². The summed E-state index contributed by atoms with van der Waals surface area (Å²) in [5, 5.41) is 0. The number of hydrogen-bond donors (Lipinski definition) is 0. The van der Waals surface area contributed by atoms with Gasteiger partial charge in [-0.05, 0) is 12.0 Å². The maximum Gasteiger partial charge on any atom is 0.227 e. The number of fused-ring (bicyclic) bond motifs is 1. The van der Waals surface area contributed by atoms with Crippen LogP contribution in [0.2, 0.25) is 0 Å². The van der Waals surface area contributed by atoms with Crippen molar-refractivity contribution >= 4 is 5.91 Å². The molecule has 1 unspecified atom stereocenters. The molecule has 2 aliphatic heterocycles. The average molecular weight is 325 g/mol. The number of carbonyl (C=O) groups is 1. The summed E-state index contributed by atoms with van der Waals surface area (Å²) < 4.78 is 7.58. The molecule has 3 heterocycles. The highest BCUT2D eigenvalue weighted by atomic mass is 16.5. The molecule has 1 atom stereocenters. The van der Waals surface area contributed by atoms with Gasteiger partial charge >= 0.3 is 0 Å². The number of aromatic nitrogens is 2. The van der Waals surface area contributed by atoms with E-state index in [1.807, 2.05) is 23.4 Å². The van der Waals surface area contributed by atoms with Gasteiger partial charge in [0.05, 0.1) is 17.9 Å². The monoisotopic (exact) mass is 325 g/mol. The smallest absolute Gasteiger partial charge is 0.227 e. The highest BCUT2D eigenvalue weighted by molar-refractivity contribution is 5.80. The van der Waals surface area contributed by atoms with Crippen LogP contribution in [0.4, 0.5) is 0 Å². The van der Waals surface area contributed by atoms with Gasteiger partial charge in [-0.1, -0.05) is 30.3 Å². The number of amides is 1. The van der Waals surface area contributed by atoms with Crippen LogP contribution < -0.4 is 0 Å². The van der Waals surface area contributed by atoms with Gasteiger partial charge in [0.15, 0.2) is 0 Å². The molecule has 0 spiro atoms. The summed E-state index contributed by atoms with van der Waals surface area (Å²) >= 11 is 0. The number of likely N-dealkylation sites (tertiary alicyclic amines) is 1. The molecule has 5 heteroatoms. The van der Waals surface area contributed by atoms with E-state index in [-0.39, 0.29) is 17.2 Å². The fourth-order valence-electron chi connectivity index (χ4n) is 4.09. The molecule has 2 aromatic rings. The van der Waals surface area contributed by atoms with Gasteiger partial charge in [0.25, 0.3) is 0 Å². The molecule has 1 aromatic carbocycles. The van der Waals surface area contributed by atoms with Crippen LogP contribution >= 0.6 is 0 Å². The minimum atomic E-state index is -0.0551. The standard InChI is InChI=1S/C19H23N3O2/c1-24-14-19(16-5-3-2-4-6-16)12-22(13-19)18(23)15-7-8-17-20-9-10-21(17)11-15/h2-6,9-10,15H,7-8,11-14H2,1H3. The van der Waals surface area contributed by atoms with Crippen LogP contribution in [0.15, 0.2) is 42.7 Å². The van der Waals surface area contributed by atoms with E-state index in [1.165, 1.54) is 5.56 Å². The lowest BCUT2D eigenvalue weighted by Crippen LogP contribution is -2.64. The fourth-order valence-corrected chi connectivity index (χ4v) is 4.09. The molecular weight excluding hydrogens is 302 g/mol. The molecule has 1 amide bonds. The van der Waals surface area contributed by atoms with Crippen LogP contribution in [0, 0.1) is 5.92 Å². The van der Waals surface area contributed by atoms with Gasteiger partial charge in [-0.2, -0.15) is 0 Å². The van der Waals surface area contributed by atoms with E-state index in [2.05, 4.69) is 33.8 Å². The third-order valence-corrected chi connectivity index (χ3v) is 5.39. The Kier molecular flexibility index (Phi) is 3.88. The minimum absolute atomic E-state index is 0.0551. The molecule has 0 saturated carbocycles. The Morgan fingerprint density at radius 1 is 1.33 bits per heavy atom. The second-order valence-corrected chi connectivity index (χ2v) is 7.01. The predicted octanol–water partition coefficient (Wildman–Crippen LogP) is 1.87. The molecule has 2 aliphatic rings. The number of hydrogen-bond acceptors (Lipinski definition) is 3. The Labute approximate surface area is 142 Å².